The van der Waals surface area contributed by atoms with Gasteiger partial charge in [-0.1, -0.05) is 6.92 Å². The largest absolute Gasteiger partial charge is 0.469 e. The Labute approximate surface area is 126 Å². The molecule has 1 rings (SSSR count). The second-order valence-corrected chi connectivity index (χ2v) is 7.24. The lowest BCUT2D eigenvalue weighted by Gasteiger charge is -2.22. The lowest BCUT2D eigenvalue weighted by molar-refractivity contribution is -0.144. The standard InChI is InChI=1S/C14H22N2O4S/c1-11(14(17)20-5)10-16(4)12-6-8-13(9-7-12)21(18,19)15(2)3/h6-9,11H,10H2,1-5H3. The maximum Gasteiger partial charge on any atom is 0.310 e. The number of carbonyl (C=O) groups excluding carboxylic acids is 1. The summed E-state index contributed by atoms with van der Waals surface area (Å²) in [4.78, 5) is 13.5. The molecular formula is C14H22N2O4S. The molecule has 0 aliphatic heterocycles. The van der Waals surface area contributed by atoms with E-state index in [1.807, 2.05) is 11.9 Å². The van der Waals surface area contributed by atoms with Gasteiger partial charge in [-0.15, -0.1) is 0 Å². The summed E-state index contributed by atoms with van der Waals surface area (Å²) in [7, 11) is 2.77. The molecule has 0 spiro atoms. The summed E-state index contributed by atoms with van der Waals surface area (Å²) >= 11 is 0. The molecule has 1 atom stereocenters. The molecule has 0 saturated heterocycles. The van der Waals surface area contributed by atoms with E-state index in [2.05, 4.69) is 4.74 Å². The Morgan fingerprint density at radius 2 is 1.71 bits per heavy atom. The van der Waals surface area contributed by atoms with Gasteiger partial charge in [-0.3, -0.25) is 4.79 Å². The van der Waals surface area contributed by atoms with Crippen LogP contribution in [0.2, 0.25) is 0 Å². The quantitative estimate of drug-likeness (QED) is 0.738. The molecule has 0 aliphatic carbocycles. The molecule has 0 saturated carbocycles. The molecule has 0 bridgehead atoms. The molecule has 1 aromatic carbocycles. The van der Waals surface area contributed by atoms with E-state index in [9.17, 15) is 13.2 Å². The lowest BCUT2D eigenvalue weighted by atomic mass is 10.1. The topological polar surface area (TPSA) is 66.9 Å². The third-order valence-corrected chi connectivity index (χ3v) is 5.04. The van der Waals surface area contributed by atoms with Gasteiger partial charge < -0.3 is 9.64 Å². The Hall–Kier alpha value is -1.60. The second-order valence-electron chi connectivity index (χ2n) is 5.09. The van der Waals surface area contributed by atoms with Crippen LogP contribution >= 0.6 is 0 Å². The maximum absolute atomic E-state index is 12.0. The fourth-order valence-corrected chi connectivity index (χ4v) is 2.78. The van der Waals surface area contributed by atoms with Crippen molar-refractivity contribution in [1.82, 2.24) is 4.31 Å². The summed E-state index contributed by atoms with van der Waals surface area (Å²) in [5.74, 6) is -0.529. The molecule has 21 heavy (non-hydrogen) atoms. The van der Waals surface area contributed by atoms with Crippen LogP contribution < -0.4 is 4.90 Å². The predicted molar refractivity (Wildman–Crippen MR) is 81.8 cm³/mol. The summed E-state index contributed by atoms with van der Waals surface area (Å²) in [5.41, 5.74) is 0.837. The Morgan fingerprint density at radius 1 is 1.19 bits per heavy atom. The van der Waals surface area contributed by atoms with Crippen LogP contribution in [-0.4, -0.2) is 53.5 Å². The van der Waals surface area contributed by atoms with Gasteiger partial charge in [0.2, 0.25) is 10.0 Å². The normalized spacial score (nSPS) is 13.0. The highest BCUT2D eigenvalue weighted by Crippen LogP contribution is 2.19. The minimum absolute atomic E-state index is 0.241. The van der Waals surface area contributed by atoms with Gasteiger partial charge in [0.05, 0.1) is 17.9 Å². The zero-order valence-corrected chi connectivity index (χ0v) is 13.8. The average Bonchev–Trinajstić information content (AvgIpc) is 2.46. The fourth-order valence-electron chi connectivity index (χ4n) is 1.88. The van der Waals surface area contributed by atoms with Gasteiger partial charge in [0, 0.05) is 33.4 Å². The van der Waals surface area contributed by atoms with Crippen molar-refractivity contribution in [2.75, 3.05) is 39.7 Å². The number of rotatable bonds is 6. The number of sulfonamides is 1. The highest BCUT2D eigenvalue weighted by atomic mass is 32.2. The van der Waals surface area contributed by atoms with Crippen molar-refractivity contribution >= 4 is 21.7 Å². The average molecular weight is 314 g/mol. The van der Waals surface area contributed by atoms with Crippen LogP contribution in [0.4, 0.5) is 5.69 Å². The first-order chi connectivity index (χ1) is 9.70. The molecular weight excluding hydrogens is 292 g/mol. The Kier molecular flexibility index (Phi) is 5.74. The minimum Gasteiger partial charge on any atom is -0.469 e. The third kappa shape index (κ3) is 4.18. The van der Waals surface area contributed by atoms with E-state index in [1.54, 1.807) is 31.2 Å². The van der Waals surface area contributed by atoms with Crippen molar-refractivity contribution in [2.45, 2.75) is 11.8 Å². The van der Waals surface area contributed by atoms with E-state index in [-0.39, 0.29) is 16.8 Å². The molecule has 0 N–H and O–H groups in total. The van der Waals surface area contributed by atoms with Crippen molar-refractivity contribution in [3.8, 4) is 0 Å². The maximum atomic E-state index is 12.0. The molecule has 0 amide bonds. The first-order valence-corrected chi connectivity index (χ1v) is 7.95. The van der Waals surface area contributed by atoms with Crippen molar-refractivity contribution in [2.24, 2.45) is 5.92 Å². The lowest BCUT2D eigenvalue weighted by Crippen LogP contribution is -2.29. The number of esters is 1. The van der Waals surface area contributed by atoms with Crippen molar-refractivity contribution < 1.29 is 17.9 Å². The number of benzene rings is 1. The molecule has 0 fully saturated rings. The van der Waals surface area contributed by atoms with Gasteiger partial charge in [0.1, 0.15) is 0 Å². The SMILES string of the molecule is COC(=O)C(C)CN(C)c1ccc(S(=O)(=O)N(C)C)cc1. The van der Waals surface area contributed by atoms with Crippen LogP contribution in [0.5, 0.6) is 0 Å². The molecule has 0 aromatic heterocycles. The van der Waals surface area contributed by atoms with Crippen LogP contribution in [0.15, 0.2) is 29.2 Å². The number of anilines is 1. The Morgan fingerprint density at radius 3 is 2.14 bits per heavy atom. The van der Waals surface area contributed by atoms with Crippen LogP contribution in [0.3, 0.4) is 0 Å². The number of hydrogen-bond acceptors (Lipinski definition) is 5. The van der Waals surface area contributed by atoms with E-state index >= 15 is 0 Å². The van der Waals surface area contributed by atoms with Crippen LogP contribution in [0, 0.1) is 5.92 Å². The highest BCUT2D eigenvalue weighted by molar-refractivity contribution is 7.89. The molecule has 7 heteroatoms. The minimum atomic E-state index is -3.42. The molecule has 0 heterocycles. The van der Waals surface area contributed by atoms with E-state index in [4.69, 9.17) is 0 Å². The smallest absolute Gasteiger partial charge is 0.310 e. The predicted octanol–water partition coefficient (Wildman–Crippen LogP) is 1.18. The molecule has 118 valence electrons. The van der Waals surface area contributed by atoms with E-state index in [0.29, 0.717) is 6.54 Å². The summed E-state index contributed by atoms with van der Waals surface area (Å²) in [6, 6.07) is 6.56. The molecule has 1 aromatic rings. The number of nitrogens with zero attached hydrogens (tertiary/aromatic N) is 2. The van der Waals surface area contributed by atoms with Crippen molar-refractivity contribution in [1.29, 1.82) is 0 Å². The van der Waals surface area contributed by atoms with Crippen LogP contribution in [-0.2, 0) is 19.6 Å². The monoisotopic (exact) mass is 314 g/mol. The van der Waals surface area contributed by atoms with E-state index in [0.717, 1.165) is 5.69 Å². The number of carbonyl (C=O) groups is 1. The zero-order chi connectivity index (χ0) is 16.2. The Balaban J connectivity index is 2.86. The van der Waals surface area contributed by atoms with Gasteiger partial charge in [-0.05, 0) is 24.3 Å². The van der Waals surface area contributed by atoms with Crippen molar-refractivity contribution in [3.63, 3.8) is 0 Å². The zero-order valence-electron chi connectivity index (χ0n) is 13.0. The highest BCUT2D eigenvalue weighted by Gasteiger charge is 2.18. The van der Waals surface area contributed by atoms with Crippen LogP contribution in [0.25, 0.3) is 0 Å². The van der Waals surface area contributed by atoms with E-state index in [1.165, 1.54) is 25.5 Å². The van der Waals surface area contributed by atoms with Gasteiger partial charge in [-0.25, -0.2) is 12.7 Å². The summed E-state index contributed by atoms with van der Waals surface area (Å²) < 4.78 is 29.8. The fraction of sp³-hybridized carbons (Fsp3) is 0.500. The summed E-state index contributed by atoms with van der Waals surface area (Å²) in [5, 5.41) is 0. The second kappa shape index (κ2) is 6.91. The molecule has 1 unspecified atom stereocenters. The van der Waals surface area contributed by atoms with Gasteiger partial charge in [0.25, 0.3) is 0 Å². The van der Waals surface area contributed by atoms with Crippen LogP contribution in [0.1, 0.15) is 6.92 Å². The number of methoxy groups -OCH3 is 1. The van der Waals surface area contributed by atoms with Gasteiger partial charge in [-0.2, -0.15) is 0 Å². The molecule has 0 aliphatic rings. The number of ether oxygens (including phenoxy) is 1. The Bertz CT molecular complexity index is 581. The summed E-state index contributed by atoms with van der Waals surface area (Å²) in [6.07, 6.45) is 0. The molecule has 0 radical (unpaired) electrons. The molecule has 6 nitrogen and oxygen atoms in total. The number of hydrogen-bond donors (Lipinski definition) is 0. The first-order valence-electron chi connectivity index (χ1n) is 6.51. The third-order valence-electron chi connectivity index (χ3n) is 3.21. The first kappa shape index (κ1) is 17.5. The summed E-state index contributed by atoms with van der Waals surface area (Å²) in [6.45, 7) is 2.28. The van der Waals surface area contributed by atoms with Gasteiger partial charge >= 0.3 is 5.97 Å². The van der Waals surface area contributed by atoms with E-state index < -0.39 is 10.0 Å². The van der Waals surface area contributed by atoms with Gasteiger partial charge in [0.15, 0.2) is 0 Å². The van der Waals surface area contributed by atoms with Crippen molar-refractivity contribution in [3.05, 3.63) is 24.3 Å².